The van der Waals surface area contributed by atoms with Crippen LogP contribution in [0, 0.1) is 10.1 Å². The van der Waals surface area contributed by atoms with E-state index in [0.717, 1.165) is 0 Å². The number of carbonyl (C=O) groups excluding carboxylic acids is 2. The smallest absolute Gasteiger partial charge is 0.270 e. The predicted molar refractivity (Wildman–Crippen MR) is 121 cm³/mol. The number of ether oxygens (including phenoxy) is 1. The summed E-state index contributed by atoms with van der Waals surface area (Å²) in [5.41, 5.74) is 1.51. The molecule has 1 aliphatic rings. The number of benzene rings is 2. The number of aromatic nitrogens is 1. The summed E-state index contributed by atoms with van der Waals surface area (Å²) in [7, 11) is 0. The third kappa shape index (κ3) is 4.90. The average Bonchev–Trinajstić information content (AvgIpc) is 3.32. The lowest BCUT2D eigenvalue weighted by molar-refractivity contribution is -0.384. The zero-order valence-electron chi connectivity index (χ0n) is 16.8. The van der Waals surface area contributed by atoms with Crippen molar-refractivity contribution in [3.05, 3.63) is 75.3 Å². The molecule has 32 heavy (non-hydrogen) atoms. The third-order valence-corrected chi connectivity index (χ3v) is 5.53. The number of nitro benzene ring substituents is 1. The molecule has 4 rings (SSSR count). The van der Waals surface area contributed by atoms with Crippen LogP contribution in [0.4, 0.5) is 22.2 Å². The Morgan fingerprint density at radius 1 is 1.06 bits per heavy atom. The van der Waals surface area contributed by atoms with Gasteiger partial charge in [0.2, 0.25) is 0 Å². The minimum absolute atomic E-state index is 0.165. The van der Waals surface area contributed by atoms with E-state index in [1.807, 2.05) is 4.90 Å². The fourth-order valence-electron chi connectivity index (χ4n) is 3.26. The van der Waals surface area contributed by atoms with Crippen LogP contribution in [0.1, 0.15) is 20.7 Å². The van der Waals surface area contributed by atoms with Crippen molar-refractivity contribution in [1.29, 1.82) is 0 Å². The molecule has 0 spiro atoms. The lowest BCUT2D eigenvalue weighted by Crippen LogP contribution is -2.37. The van der Waals surface area contributed by atoms with Crippen molar-refractivity contribution in [2.75, 3.05) is 41.8 Å². The molecule has 1 saturated heterocycles. The van der Waals surface area contributed by atoms with Gasteiger partial charge in [0.25, 0.3) is 17.5 Å². The molecule has 0 unspecified atom stereocenters. The van der Waals surface area contributed by atoms with Gasteiger partial charge in [0.1, 0.15) is 0 Å². The zero-order chi connectivity index (χ0) is 22.5. The first-order valence-electron chi connectivity index (χ1n) is 9.74. The normalized spacial score (nSPS) is 13.4. The summed E-state index contributed by atoms with van der Waals surface area (Å²) >= 11 is 1.31. The molecular weight excluding hydrogens is 434 g/mol. The molecule has 2 N–H and O–H groups in total. The van der Waals surface area contributed by atoms with E-state index in [9.17, 15) is 19.7 Å². The van der Waals surface area contributed by atoms with Crippen molar-refractivity contribution >= 4 is 45.3 Å². The first-order chi connectivity index (χ1) is 15.5. The van der Waals surface area contributed by atoms with E-state index < -0.39 is 10.8 Å². The number of nitrogens with zero attached hydrogens (tertiary/aromatic N) is 3. The molecule has 2 heterocycles. The van der Waals surface area contributed by atoms with Crippen molar-refractivity contribution in [1.82, 2.24) is 4.98 Å². The number of nitro groups is 1. The number of carbonyl (C=O) groups is 2. The topological polar surface area (TPSA) is 127 Å². The Labute approximate surface area is 187 Å². The van der Waals surface area contributed by atoms with Crippen LogP contribution >= 0.6 is 11.3 Å². The second kappa shape index (κ2) is 9.54. The average molecular weight is 453 g/mol. The van der Waals surface area contributed by atoms with Gasteiger partial charge in [-0.1, -0.05) is 0 Å². The van der Waals surface area contributed by atoms with E-state index in [0.29, 0.717) is 48.4 Å². The lowest BCUT2D eigenvalue weighted by Gasteiger charge is -2.30. The van der Waals surface area contributed by atoms with Crippen LogP contribution in [0.5, 0.6) is 0 Å². The number of amides is 2. The molecule has 0 atom stereocenters. The molecule has 1 fully saturated rings. The molecule has 10 nitrogen and oxygen atoms in total. The fraction of sp³-hybridized carbons (Fsp3) is 0.190. The van der Waals surface area contributed by atoms with Crippen LogP contribution in [0.15, 0.2) is 54.0 Å². The Kier molecular flexibility index (Phi) is 6.38. The van der Waals surface area contributed by atoms with Crippen molar-refractivity contribution in [2.45, 2.75) is 0 Å². The van der Waals surface area contributed by atoms with E-state index >= 15 is 0 Å². The highest BCUT2D eigenvalue weighted by Crippen LogP contribution is 2.27. The van der Waals surface area contributed by atoms with Gasteiger partial charge in [-0.3, -0.25) is 25.0 Å². The summed E-state index contributed by atoms with van der Waals surface area (Å²) < 4.78 is 5.36. The van der Waals surface area contributed by atoms with Crippen molar-refractivity contribution in [3.63, 3.8) is 0 Å². The maximum absolute atomic E-state index is 13.0. The van der Waals surface area contributed by atoms with E-state index in [2.05, 4.69) is 15.6 Å². The summed E-state index contributed by atoms with van der Waals surface area (Å²) in [4.78, 5) is 42.0. The Morgan fingerprint density at radius 3 is 2.47 bits per heavy atom. The van der Waals surface area contributed by atoms with Gasteiger partial charge in [-0.15, -0.1) is 11.3 Å². The Morgan fingerprint density at radius 2 is 1.81 bits per heavy atom. The van der Waals surface area contributed by atoms with Gasteiger partial charge in [-0.2, -0.15) is 0 Å². The molecule has 11 heteroatoms. The molecular formula is C21H19N5O5S. The predicted octanol–water partition coefficient (Wildman–Crippen LogP) is 3.39. The Bertz CT molecular complexity index is 1130. The highest BCUT2D eigenvalue weighted by molar-refractivity contribution is 7.13. The van der Waals surface area contributed by atoms with E-state index in [-0.39, 0.29) is 17.2 Å². The fourth-order valence-corrected chi connectivity index (χ4v) is 3.78. The molecule has 0 aliphatic carbocycles. The molecule has 0 bridgehead atoms. The molecule has 0 radical (unpaired) electrons. The molecule has 2 aromatic carbocycles. The zero-order valence-corrected chi connectivity index (χ0v) is 17.6. The highest BCUT2D eigenvalue weighted by atomic mass is 32.1. The first-order valence-corrected chi connectivity index (χ1v) is 10.6. The number of hydrogen-bond donors (Lipinski definition) is 2. The molecule has 164 valence electrons. The summed E-state index contributed by atoms with van der Waals surface area (Å²) in [5, 5.41) is 18.9. The SMILES string of the molecule is O=C(Nc1nccs1)c1ccc(NC(=O)c2cc([N+](=O)[O-])ccc2N2CCOCC2)cc1. The molecule has 1 aliphatic heterocycles. The number of thiazole rings is 1. The van der Waals surface area contributed by atoms with Crippen LogP contribution in [-0.2, 0) is 4.74 Å². The first kappa shape index (κ1) is 21.4. The molecule has 1 aromatic heterocycles. The molecule has 0 saturated carbocycles. The van der Waals surface area contributed by atoms with Crippen LogP contribution in [0.3, 0.4) is 0 Å². The summed E-state index contributed by atoms with van der Waals surface area (Å²) in [5.74, 6) is -0.790. The highest BCUT2D eigenvalue weighted by Gasteiger charge is 2.22. The monoisotopic (exact) mass is 453 g/mol. The summed E-state index contributed by atoms with van der Waals surface area (Å²) in [6.45, 7) is 2.20. The largest absolute Gasteiger partial charge is 0.378 e. The second-order valence-electron chi connectivity index (χ2n) is 6.88. The third-order valence-electron chi connectivity index (χ3n) is 4.85. The molecule has 2 amide bonds. The summed E-state index contributed by atoms with van der Waals surface area (Å²) in [6.07, 6.45) is 1.60. The van der Waals surface area contributed by atoms with Gasteiger partial charge in [-0.25, -0.2) is 4.98 Å². The maximum Gasteiger partial charge on any atom is 0.270 e. The van der Waals surface area contributed by atoms with Crippen LogP contribution < -0.4 is 15.5 Å². The van der Waals surface area contributed by atoms with E-state index in [4.69, 9.17) is 4.74 Å². The Hall–Kier alpha value is -3.83. The van der Waals surface area contributed by atoms with Crippen LogP contribution in [0.2, 0.25) is 0 Å². The summed E-state index contributed by atoms with van der Waals surface area (Å²) in [6, 6.07) is 10.6. The number of morpholine rings is 1. The lowest BCUT2D eigenvalue weighted by atomic mass is 10.1. The standard InChI is InChI=1S/C21H19N5O5S/c27-19(24-21-22-7-12-32-21)14-1-3-15(4-2-14)23-20(28)17-13-16(26(29)30)5-6-18(17)25-8-10-31-11-9-25/h1-7,12-13H,8-11H2,(H,23,28)(H,22,24,27). The van der Waals surface area contributed by atoms with Gasteiger partial charge in [0, 0.05) is 48.0 Å². The van der Waals surface area contributed by atoms with Gasteiger partial charge in [-0.05, 0) is 30.3 Å². The van der Waals surface area contributed by atoms with Gasteiger partial charge < -0.3 is 15.0 Å². The van der Waals surface area contributed by atoms with Crippen molar-refractivity contribution in [3.8, 4) is 0 Å². The van der Waals surface area contributed by atoms with Crippen LogP contribution in [-0.4, -0.2) is 48.0 Å². The Balaban J connectivity index is 1.52. The number of non-ortho nitro benzene ring substituents is 1. The van der Waals surface area contributed by atoms with E-state index in [1.54, 1.807) is 41.9 Å². The second-order valence-corrected chi connectivity index (χ2v) is 7.78. The van der Waals surface area contributed by atoms with Gasteiger partial charge in [0.05, 0.1) is 29.4 Å². The number of rotatable bonds is 6. The van der Waals surface area contributed by atoms with Crippen LogP contribution in [0.25, 0.3) is 0 Å². The maximum atomic E-state index is 13.0. The van der Waals surface area contributed by atoms with Crippen molar-refractivity contribution < 1.29 is 19.2 Å². The number of nitrogens with one attached hydrogen (secondary N) is 2. The number of anilines is 3. The number of hydrogen-bond acceptors (Lipinski definition) is 8. The van der Waals surface area contributed by atoms with Gasteiger partial charge >= 0.3 is 0 Å². The minimum Gasteiger partial charge on any atom is -0.378 e. The minimum atomic E-state index is -0.532. The van der Waals surface area contributed by atoms with Gasteiger partial charge in [0.15, 0.2) is 5.13 Å². The van der Waals surface area contributed by atoms with E-state index in [1.165, 1.54) is 23.5 Å². The quantitative estimate of drug-likeness (QED) is 0.433. The molecule has 3 aromatic rings. The van der Waals surface area contributed by atoms with Crippen molar-refractivity contribution in [2.24, 2.45) is 0 Å².